The summed E-state index contributed by atoms with van der Waals surface area (Å²) >= 11 is 0. The summed E-state index contributed by atoms with van der Waals surface area (Å²) in [4.78, 5) is 3.98. The molecule has 1 aromatic rings. The highest BCUT2D eigenvalue weighted by Crippen LogP contribution is 2.00. The fraction of sp³-hybridized carbons (Fsp3) is 0.571. The molecule has 0 bridgehead atoms. The van der Waals surface area contributed by atoms with Gasteiger partial charge < -0.3 is 10.2 Å². The molecular weight excluding hydrogens is 128 g/mol. The first-order valence-corrected chi connectivity index (χ1v) is 3.50. The molecule has 0 aliphatic rings. The average molecular weight is 140 g/mol. The van der Waals surface area contributed by atoms with Crippen LogP contribution in [0.5, 0.6) is 0 Å². The molecule has 1 heterocycles. The summed E-state index contributed by atoms with van der Waals surface area (Å²) in [7, 11) is 0. The molecule has 0 saturated heterocycles. The highest BCUT2D eigenvalue weighted by atomic mass is 16.3. The molecule has 0 aliphatic carbocycles. The molecule has 1 aromatic heterocycles. The van der Waals surface area contributed by atoms with E-state index in [-0.39, 0.29) is 0 Å². The van der Waals surface area contributed by atoms with Crippen LogP contribution in [-0.2, 0) is 6.42 Å². The lowest BCUT2D eigenvalue weighted by Crippen LogP contribution is -1.98. The zero-order chi connectivity index (χ0) is 7.23. The first-order valence-electron chi connectivity index (χ1n) is 3.50. The Labute approximate surface area is 60.2 Å². The van der Waals surface area contributed by atoms with Gasteiger partial charge in [-0.3, -0.25) is 0 Å². The smallest absolute Gasteiger partial charge is 0.180 e. The van der Waals surface area contributed by atoms with Gasteiger partial charge in [0.25, 0.3) is 0 Å². The molecule has 0 spiro atoms. The molecule has 0 unspecified atom stereocenters. The van der Waals surface area contributed by atoms with Gasteiger partial charge in [-0.05, 0) is 25.8 Å². The molecule has 0 aliphatic heterocycles. The molecular formula is C7H12N2O. The second-order valence-corrected chi connectivity index (χ2v) is 2.23. The van der Waals surface area contributed by atoms with E-state index in [1.165, 1.54) is 6.39 Å². The van der Waals surface area contributed by atoms with Crippen LogP contribution in [-0.4, -0.2) is 11.5 Å². The molecule has 0 radical (unpaired) electrons. The van der Waals surface area contributed by atoms with Crippen LogP contribution in [0, 0.1) is 0 Å². The van der Waals surface area contributed by atoms with E-state index in [4.69, 9.17) is 10.2 Å². The van der Waals surface area contributed by atoms with E-state index in [2.05, 4.69) is 4.98 Å². The number of aromatic nitrogens is 1. The molecule has 2 N–H and O–H groups in total. The minimum Gasteiger partial charge on any atom is -0.451 e. The van der Waals surface area contributed by atoms with Gasteiger partial charge >= 0.3 is 0 Å². The lowest BCUT2D eigenvalue weighted by Gasteiger charge is -1.92. The highest BCUT2D eigenvalue weighted by Gasteiger charge is 1.93. The Hall–Kier alpha value is -0.830. The van der Waals surface area contributed by atoms with Gasteiger partial charge in [0.2, 0.25) is 0 Å². The Bertz CT molecular complexity index is 160. The van der Waals surface area contributed by atoms with E-state index < -0.39 is 0 Å². The topological polar surface area (TPSA) is 52.0 Å². The maximum atomic E-state index is 5.32. The minimum atomic E-state index is 0.762. The largest absolute Gasteiger partial charge is 0.451 e. The molecule has 0 atom stereocenters. The summed E-state index contributed by atoms with van der Waals surface area (Å²) in [6.07, 6.45) is 6.28. The minimum absolute atomic E-state index is 0.762. The van der Waals surface area contributed by atoms with Crippen LogP contribution in [0.15, 0.2) is 17.1 Å². The third-order valence-corrected chi connectivity index (χ3v) is 1.37. The molecule has 0 amide bonds. The predicted octanol–water partition coefficient (Wildman–Crippen LogP) is 0.956. The highest BCUT2D eigenvalue weighted by molar-refractivity contribution is 4.90. The molecule has 0 fully saturated rings. The van der Waals surface area contributed by atoms with Crippen molar-refractivity contribution in [3.63, 3.8) is 0 Å². The number of nitrogens with two attached hydrogens (primary N) is 1. The zero-order valence-electron chi connectivity index (χ0n) is 5.92. The summed E-state index contributed by atoms with van der Waals surface area (Å²) in [5.74, 6) is 0. The maximum absolute atomic E-state index is 5.32. The van der Waals surface area contributed by atoms with Crippen molar-refractivity contribution in [1.29, 1.82) is 0 Å². The van der Waals surface area contributed by atoms with Gasteiger partial charge in [-0.25, -0.2) is 4.98 Å². The number of hydrogen-bond acceptors (Lipinski definition) is 3. The Morgan fingerprint density at radius 1 is 1.50 bits per heavy atom. The lowest BCUT2D eigenvalue weighted by molar-refractivity contribution is 0.555. The van der Waals surface area contributed by atoms with Crippen LogP contribution in [0.25, 0.3) is 0 Å². The summed E-state index contributed by atoms with van der Waals surface area (Å²) in [6.45, 7) is 0.762. The van der Waals surface area contributed by atoms with Crippen molar-refractivity contribution in [1.82, 2.24) is 4.98 Å². The van der Waals surface area contributed by atoms with Crippen LogP contribution >= 0.6 is 0 Å². The van der Waals surface area contributed by atoms with Crippen LogP contribution < -0.4 is 5.73 Å². The molecule has 56 valence electrons. The fourth-order valence-electron chi connectivity index (χ4n) is 0.811. The van der Waals surface area contributed by atoms with Gasteiger partial charge in [0, 0.05) is 0 Å². The first-order chi connectivity index (χ1) is 4.93. The average Bonchev–Trinajstić information content (AvgIpc) is 2.41. The van der Waals surface area contributed by atoms with Crippen LogP contribution in [0.3, 0.4) is 0 Å². The summed E-state index contributed by atoms with van der Waals surface area (Å²) in [5, 5.41) is 0. The lowest BCUT2D eigenvalue weighted by atomic mass is 10.2. The monoisotopic (exact) mass is 140 g/mol. The van der Waals surface area contributed by atoms with Crippen LogP contribution in [0.1, 0.15) is 18.5 Å². The Morgan fingerprint density at radius 2 is 2.40 bits per heavy atom. The zero-order valence-corrected chi connectivity index (χ0v) is 5.92. The number of nitrogens with zero attached hydrogens (tertiary/aromatic N) is 1. The van der Waals surface area contributed by atoms with Gasteiger partial charge in [-0.1, -0.05) is 0 Å². The van der Waals surface area contributed by atoms with E-state index >= 15 is 0 Å². The van der Waals surface area contributed by atoms with Gasteiger partial charge in [0.1, 0.15) is 6.26 Å². The first kappa shape index (κ1) is 7.28. The van der Waals surface area contributed by atoms with Gasteiger partial charge in [0.15, 0.2) is 6.39 Å². The summed E-state index contributed by atoms with van der Waals surface area (Å²) in [6, 6.07) is 0. The number of rotatable bonds is 4. The Kier molecular flexibility index (Phi) is 2.96. The van der Waals surface area contributed by atoms with Crippen molar-refractivity contribution < 1.29 is 4.42 Å². The van der Waals surface area contributed by atoms with Crippen molar-refractivity contribution in [2.24, 2.45) is 5.73 Å². The SMILES string of the molecule is NCCCCc1cocn1. The molecule has 1 rings (SSSR count). The number of unbranched alkanes of at least 4 members (excludes halogenated alkanes) is 1. The van der Waals surface area contributed by atoms with Crippen molar-refractivity contribution >= 4 is 0 Å². The second-order valence-electron chi connectivity index (χ2n) is 2.23. The molecule has 10 heavy (non-hydrogen) atoms. The van der Waals surface area contributed by atoms with E-state index in [0.717, 1.165) is 31.5 Å². The van der Waals surface area contributed by atoms with Gasteiger partial charge in [-0.15, -0.1) is 0 Å². The van der Waals surface area contributed by atoms with Crippen molar-refractivity contribution in [2.75, 3.05) is 6.54 Å². The predicted molar refractivity (Wildman–Crippen MR) is 38.5 cm³/mol. The molecule has 3 nitrogen and oxygen atoms in total. The molecule has 0 aromatic carbocycles. The third-order valence-electron chi connectivity index (χ3n) is 1.37. The van der Waals surface area contributed by atoms with E-state index in [1.54, 1.807) is 6.26 Å². The third kappa shape index (κ3) is 2.19. The normalized spacial score (nSPS) is 10.1. The fourth-order valence-corrected chi connectivity index (χ4v) is 0.811. The van der Waals surface area contributed by atoms with Crippen LogP contribution in [0.2, 0.25) is 0 Å². The van der Waals surface area contributed by atoms with Crippen molar-refractivity contribution in [3.05, 3.63) is 18.4 Å². The number of hydrogen-bond donors (Lipinski definition) is 1. The van der Waals surface area contributed by atoms with Crippen molar-refractivity contribution in [3.8, 4) is 0 Å². The second kappa shape index (κ2) is 4.06. The van der Waals surface area contributed by atoms with E-state index in [9.17, 15) is 0 Å². The molecule has 0 saturated carbocycles. The van der Waals surface area contributed by atoms with Gasteiger partial charge in [-0.2, -0.15) is 0 Å². The quantitative estimate of drug-likeness (QED) is 0.633. The number of aryl methyl sites for hydroxylation is 1. The Balaban J connectivity index is 2.15. The van der Waals surface area contributed by atoms with Crippen molar-refractivity contribution in [2.45, 2.75) is 19.3 Å². The maximum Gasteiger partial charge on any atom is 0.180 e. The summed E-state index contributed by atoms with van der Waals surface area (Å²) < 4.78 is 4.80. The standard InChI is InChI=1S/C7H12N2O/c8-4-2-1-3-7-5-10-6-9-7/h5-6H,1-4,8H2. The number of oxazole rings is 1. The van der Waals surface area contributed by atoms with Gasteiger partial charge in [0.05, 0.1) is 5.69 Å². The molecule has 3 heteroatoms. The van der Waals surface area contributed by atoms with Crippen LogP contribution in [0.4, 0.5) is 0 Å². The summed E-state index contributed by atoms with van der Waals surface area (Å²) in [5.41, 5.74) is 6.35. The van der Waals surface area contributed by atoms with E-state index in [1.807, 2.05) is 0 Å². The van der Waals surface area contributed by atoms with E-state index in [0.29, 0.717) is 0 Å². The Morgan fingerprint density at radius 3 is 3.00 bits per heavy atom.